The van der Waals surface area contributed by atoms with Crippen molar-refractivity contribution in [3.8, 4) is 22.1 Å². The first-order valence-electron chi connectivity index (χ1n) is 10.4. The lowest BCUT2D eigenvalue weighted by Crippen LogP contribution is -2.07. The number of ether oxygens (including phenoxy) is 2. The highest BCUT2D eigenvalue weighted by Crippen LogP contribution is 2.38. The number of ketones is 1. The topological polar surface area (TPSA) is 74.2 Å². The van der Waals surface area contributed by atoms with Crippen molar-refractivity contribution in [2.45, 2.75) is 25.4 Å². The molecule has 6 nitrogen and oxygen atoms in total. The molecule has 0 saturated heterocycles. The molecule has 32 heavy (non-hydrogen) atoms. The van der Waals surface area contributed by atoms with Gasteiger partial charge < -0.3 is 9.47 Å². The van der Waals surface area contributed by atoms with E-state index < -0.39 is 0 Å². The molecule has 4 aromatic rings. The van der Waals surface area contributed by atoms with E-state index in [0.29, 0.717) is 22.1 Å². The van der Waals surface area contributed by atoms with Crippen LogP contribution in [0.1, 0.15) is 39.0 Å². The number of fused-ring (bicyclic) bond motifs is 1. The molecule has 2 aromatic carbocycles. The minimum Gasteiger partial charge on any atom is -0.493 e. The molecule has 0 unspecified atom stereocenters. The maximum atomic E-state index is 12.9. The summed E-state index contributed by atoms with van der Waals surface area (Å²) in [5.41, 5.74) is 4.04. The molecule has 0 amide bonds. The molecule has 0 radical (unpaired) electrons. The van der Waals surface area contributed by atoms with Crippen LogP contribution in [0, 0.1) is 0 Å². The number of aryl methyl sites for hydroxylation is 1. The fourth-order valence-corrected chi connectivity index (χ4v) is 4.75. The lowest BCUT2D eigenvalue weighted by Gasteiger charge is -2.17. The van der Waals surface area contributed by atoms with Crippen LogP contribution < -0.4 is 9.47 Å². The van der Waals surface area contributed by atoms with Gasteiger partial charge in [-0.3, -0.25) is 9.78 Å². The van der Waals surface area contributed by atoms with Crippen molar-refractivity contribution in [2.24, 2.45) is 0 Å². The van der Waals surface area contributed by atoms with Crippen molar-refractivity contribution in [3.05, 3.63) is 88.7 Å². The Bertz CT molecular complexity index is 1260. The molecule has 7 heteroatoms. The number of pyridine rings is 1. The van der Waals surface area contributed by atoms with Gasteiger partial charge in [0.25, 0.3) is 0 Å². The number of nitrogens with zero attached hydrogens (tertiary/aromatic N) is 3. The van der Waals surface area contributed by atoms with Gasteiger partial charge in [-0.1, -0.05) is 35.6 Å². The summed E-state index contributed by atoms with van der Waals surface area (Å²) in [6.45, 7) is 0. The largest absolute Gasteiger partial charge is 0.493 e. The van der Waals surface area contributed by atoms with Crippen molar-refractivity contribution in [1.29, 1.82) is 0 Å². The molecule has 0 N–H and O–H groups in total. The maximum absolute atomic E-state index is 12.9. The van der Waals surface area contributed by atoms with Crippen LogP contribution in [0.2, 0.25) is 0 Å². The summed E-state index contributed by atoms with van der Waals surface area (Å²) in [7, 11) is 1.59. The molecule has 0 bridgehead atoms. The van der Waals surface area contributed by atoms with E-state index in [-0.39, 0.29) is 18.3 Å². The number of hydrogen-bond donors (Lipinski definition) is 0. The molecule has 0 aliphatic heterocycles. The second-order valence-corrected chi connectivity index (χ2v) is 8.61. The fraction of sp³-hybridized carbons (Fsp3) is 0.200. The summed E-state index contributed by atoms with van der Waals surface area (Å²) in [4.78, 5) is 16.9. The molecule has 0 fully saturated rings. The Hall–Kier alpha value is -3.58. The first-order chi connectivity index (χ1) is 15.7. The van der Waals surface area contributed by atoms with E-state index in [9.17, 15) is 4.79 Å². The molecule has 160 valence electrons. The Morgan fingerprint density at radius 3 is 2.75 bits per heavy atom. The number of Topliss-reactive ketones (excluding diaryl/α,β-unsaturated/α-hetero) is 1. The lowest BCUT2D eigenvalue weighted by atomic mass is 10.1. The minimum absolute atomic E-state index is 0.00495. The Morgan fingerprint density at radius 1 is 1.06 bits per heavy atom. The summed E-state index contributed by atoms with van der Waals surface area (Å²) in [5, 5.41) is 9.82. The second-order valence-electron chi connectivity index (χ2n) is 7.55. The summed E-state index contributed by atoms with van der Waals surface area (Å²) >= 11 is 1.41. The highest BCUT2D eigenvalue weighted by atomic mass is 32.1. The van der Waals surface area contributed by atoms with Crippen LogP contribution in [-0.4, -0.2) is 28.1 Å². The number of aromatic nitrogens is 3. The van der Waals surface area contributed by atoms with Gasteiger partial charge in [-0.2, -0.15) is 0 Å². The highest BCUT2D eigenvalue weighted by Gasteiger charge is 2.25. The summed E-state index contributed by atoms with van der Waals surface area (Å²) in [5.74, 6) is 1.15. The average Bonchev–Trinajstić information content (AvgIpc) is 3.47. The number of rotatable bonds is 7. The van der Waals surface area contributed by atoms with Gasteiger partial charge in [-0.15, -0.1) is 10.2 Å². The third kappa shape index (κ3) is 4.11. The van der Waals surface area contributed by atoms with E-state index in [1.54, 1.807) is 31.6 Å². The Kier molecular flexibility index (Phi) is 5.64. The highest BCUT2D eigenvalue weighted by molar-refractivity contribution is 7.14. The van der Waals surface area contributed by atoms with Gasteiger partial charge in [0.2, 0.25) is 0 Å². The van der Waals surface area contributed by atoms with Crippen molar-refractivity contribution in [3.63, 3.8) is 0 Å². The van der Waals surface area contributed by atoms with E-state index in [1.165, 1.54) is 22.5 Å². The van der Waals surface area contributed by atoms with E-state index in [2.05, 4.69) is 33.4 Å². The Balaban J connectivity index is 1.31. The predicted molar refractivity (Wildman–Crippen MR) is 122 cm³/mol. The third-order valence-corrected chi connectivity index (χ3v) is 6.51. The SMILES string of the molecule is COc1cc(C(=O)Cc2nnc(-c3ccncc3)s2)ccc1O[C@H]1CCc2ccccc21. The summed E-state index contributed by atoms with van der Waals surface area (Å²) in [6, 6.07) is 17.4. The monoisotopic (exact) mass is 443 g/mol. The van der Waals surface area contributed by atoms with Gasteiger partial charge in [-0.05, 0) is 54.3 Å². The number of carbonyl (C=O) groups excluding carboxylic acids is 1. The number of hydrogen-bond acceptors (Lipinski definition) is 7. The first kappa shape index (κ1) is 20.3. The molecular formula is C25H21N3O3S. The molecule has 2 aromatic heterocycles. The lowest BCUT2D eigenvalue weighted by molar-refractivity contribution is 0.0992. The number of benzene rings is 2. The van der Waals surface area contributed by atoms with E-state index >= 15 is 0 Å². The van der Waals surface area contributed by atoms with Crippen molar-refractivity contribution in [1.82, 2.24) is 15.2 Å². The van der Waals surface area contributed by atoms with Crippen LogP contribution in [0.4, 0.5) is 0 Å². The number of carbonyl (C=O) groups is 1. The van der Waals surface area contributed by atoms with Crippen molar-refractivity contribution < 1.29 is 14.3 Å². The molecule has 5 rings (SSSR count). The second kappa shape index (κ2) is 8.88. The standard InChI is InChI=1S/C25H21N3O3S/c1-30-23-14-18(7-9-22(23)31-21-8-6-16-4-2-3-5-19(16)21)20(29)15-24-27-28-25(32-24)17-10-12-26-13-11-17/h2-5,7,9-14,21H,6,8,15H2,1H3/t21-/m0/s1. The third-order valence-electron chi connectivity index (χ3n) is 5.54. The zero-order valence-corrected chi connectivity index (χ0v) is 18.3. The van der Waals surface area contributed by atoms with Gasteiger partial charge in [0.15, 0.2) is 17.3 Å². The zero-order valence-electron chi connectivity index (χ0n) is 17.5. The van der Waals surface area contributed by atoms with Crippen molar-refractivity contribution >= 4 is 17.1 Å². The normalized spacial score (nSPS) is 14.7. The molecular weight excluding hydrogens is 422 g/mol. The van der Waals surface area contributed by atoms with Crippen LogP contribution in [-0.2, 0) is 12.8 Å². The van der Waals surface area contributed by atoms with E-state index in [0.717, 1.165) is 23.4 Å². The maximum Gasteiger partial charge on any atom is 0.169 e. The van der Waals surface area contributed by atoms with Crippen LogP contribution >= 0.6 is 11.3 Å². The van der Waals surface area contributed by atoms with Gasteiger partial charge in [0.05, 0.1) is 13.5 Å². The Morgan fingerprint density at radius 2 is 1.91 bits per heavy atom. The minimum atomic E-state index is -0.0431. The fourth-order valence-electron chi connectivity index (χ4n) is 3.91. The van der Waals surface area contributed by atoms with Crippen molar-refractivity contribution in [2.75, 3.05) is 7.11 Å². The van der Waals surface area contributed by atoms with E-state index in [4.69, 9.17) is 9.47 Å². The molecule has 1 aliphatic carbocycles. The zero-order chi connectivity index (χ0) is 21.9. The van der Waals surface area contributed by atoms with Gasteiger partial charge in [0.1, 0.15) is 16.1 Å². The summed E-state index contributed by atoms with van der Waals surface area (Å²) in [6.07, 6.45) is 5.53. The van der Waals surface area contributed by atoms with Gasteiger partial charge in [0, 0.05) is 23.5 Å². The molecule has 0 saturated carbocycles. The molecule has 0 spiro atoms. The van der Waals surface area contributed by atoms with E-state index in [1.807, 2.05) is 24.3 Å². The number of methoxy groups -OCH3 is 1. The smallest absolute Gasteiger partial charge is 0.169 e. The van der Waals surface area contributed by atoms with Crippen LogP contribution in [0.25, 0.3) is 10.6 Å². The van der Waals surface area contributed by atoms with Gasteiger partial charge in [-0.25, -0.2) is 0 Å². The average molecular weight is 444 g/mol. The van der Waals surface area contributed by atoms with Gasteiger partial charge >= 0.3 is 0 Å². The van der Waals surface area contributed by atoms with Crippen LogP contribution in [0.5, 0.6) is 11.5 Å². The molecule has 1 aliphatic rings. The quantitative estimate of drug-likeness (QED) is 0.370. The summed E-state index contributed by atoms with van der Waals surface area (Å²) < 4.78 is 11.8. The van der Waals surface area contributed by atoms with Crippen LogP contribution in [0.15, 0.2) is 67.0 Å². The first-order valence-corrected chi connectivity index (χ1v) is 11.2. The van der Waals surface area contributed by atoms with Crippen LogP contribution in [0.3, 0.4) is 0 Å². The molecule has 1 atom stereocenters. The Labute approximate surface area is 189 Å². The predicted octanol–water partition coefficient (Wildman–Crippen LogP) is 5.10. The molecule has 2 heterocycles.